The van der Waals surface area contributed by atoms with Crippen LogP contribution in [0.25, 0.3) is 11.1 Å². The van der Waals surface area contributed by atoms with Gasteiger partial charge in [-0.1, -0.05) is 82.8 Å². The fourth-order valence-electron chi connectivity index (χ4n) is 6.30. The summed E-state index contributed by atoms with van der Waals surface area (Å²) in [6, 6.07) is 19.5. The lowest BCUT2D eigenvalue weighted by Crippen LogP contribution is -2.37. The number of aliphatic hydroxyl groups excluding tert-OH is 2. The number of nitriles is 1. The summed E-state index contributed by atoms with van der Waals surface area (Å²) in [4.78, 5) is 27.3. The molecule has 2 unspecified atom stereocenters. The van der Waals surface area contributed by atoms with Crippen LogP contribution in [0.4, 0.5) is 0 Å². The summed E-state index contributed by atoms with van der Waals surface area (Å²) in [5.41, 5.74) is 4.35. The highest BCUT2D eigenvalue weighted by molar-refractivity contribution is 6.37. The van der Waals surface area contributed by atoms with E-state index in [0.29, 0.717) is 60.3 Å². The fourth-order valence-corrected chi connectivity index (χ4v) is 7.35. The Morgan fingerprint density at radius 2 is 1.30 bits per heavy atom. The van der Waals surface area contributed by atoms with Gasteiger partial charge in [-0.3, -0.25) is 14.6 Å². The van der Waals surface area contributed by atoms with Gasteiger partial charge < -0.3 is 45.1 Å². The SMILES string of the molecule is N#Cc1cncc(COc2cc(OCc3cccc(-c4cccc(COc5cc(O)c(CCC(CCO)C(=O)O)cc5Cl)c4Cl)c3Cl)c(Cl)cc2CNC(CCO)C(=O)O)c1. The fraction of sp³-hybridized carbons (Fsp3) is 0.273. The standard InChI is InChI=1S/C44H41Cl4N3O10/c45-34-14-28(8-7-27(9-11-52)43(55)56)37(54)16-39(34)60-23-29-3-1-5-32(41(29)47)33-6-2-4-30(42(33)48)24-61-40-17-38(59-22-26-13-25(18-49)19-50-20-26)31(15-35(40)46)21-51-36(10-12-53)44(57)58/h1-6,13-17,19-20,27,36,51-54H,7-12,21-24H2,(H,55,56)(H,57,58). The van der Waals surface area contributed by atoms with Crippen molar-refractivity contribution in [3.05, 3.63) is 133 Å². The maximum absolute atomic E-state index is 11.7. The number of aryl methyl sites for hydroxylation is 1. The number of benzene rings is 4. The Morgan fingerprint density at radius 3 is 1.87 bits per heavy atom. The van der Waals surface area contributed by atoms with E-state index in [1.54, 1.807) is 60.8 Å². The Morgan fingerprint density at radius 1 is 0.705 bits per heavy atom. The topological polar surface area (TPSA) is 212 Å². The number of rotatable bonds is 22. The lowest BCUT2D eigenvalue weighted by atomic mass is 9.96. The number of nitrogens with zero attached hydrogens (tertiary/aromatic N) is 2. The lowest BCUT2D eigenvalue weighted by molar-refractivity contribution is -0.142. The van der Waals surface area contributed by atoms with Gasteiger partial charge in [0.05, 0.1) is 31.6 Å². The normalized spacial score (nSPS) is 12.0. The van der Waals surface area contributed by atoms with E-state index < -0.39 is 23.9 Å². The first kappa shape index (κ1) is 46.8. The number of carboxylic acid groups (broad SMARTS) is 2. The Balaban J connectivity index is 1.32. The van der Waals surface area contributed by atoms with E-state index >= 15 is 0 Å². The monoisotopic (exact) mass is 911 g/mol. The second-order valence-corrected chi connectivity index (χ2v) is 15.4. The van der Waals surface area contributed by atoms with Gasteiger partial charge in [-0.25, -0.2) is 0 Å². The van der Waals surface area contributed by atoms with Crippen molar-refractivity contribution in [3.8, 4) is 40.2 Å². The van der Waals surface area contributed by atoms with Gasteiger partial charge in [0.1, 0.15) is 54.9 Å². The van der Waals surface area contributed by atoms with Gasteiger partial charge in [0.2, 0.25) is 0 Å². The molecule has 61 heavy (non-hydrogen) atoms. The molecule has 0 radical (unpaired) electrons. The van der Waals surface area contributed by atoms with E-state index in [1.807, 2.05) is 6.07 Å². The number of halogens is 4. The van der Waals surface area contributed by atoms with Crippen LogP contribution in [0.1, 0.15) is 52.6 Å². The van der Waals surface area contributed by atoms with Gasteiger partial charge in [-0.15, -0.1) is 0 Å². The van der Waals surface area contributed by atoms with Crippen LogP contribution in [0, 0.1) is 17.2 Å². The summed E-state index contributed by atoms with van der Waals surface area (Å²) in [5, 5.41) is 61.5. The zero-order valence-corrected chi connectivity index (χ0v) is 35.4. The number of phenolic OH excluding ortho intramolecular Hbond substituents is 1. The first-order valence-corrected chi connectivity index (χ1v) is 20.4. The molecule has 17 heteroatoms. The average molecular weight is 914 g/mol. The van der Waals surface area contributed by atoms with Crippen LogP contribution in [0.5, 0.6) is 23.0 Å². The van der Waals surface area contributed by atoms with Gasteiger partial charge >= 0.3 is 11.9 Å². The third-order valence-electron chi connectivity index (χ3n) is 9.62. The molecule has 13 nitrogen and oxygen atoms in total. The highest BCUT2D eigenvalue weighted by Crippen LogP contribution is 2.40. The van der Waals surface area contributed by atoms with Gasteiger partial charge in [-0.05, 0) is 49.4 Å². The van der Waals surface area contributed by atoms with Crippen LogP contribution in [0.3, 0.4) is 0 Å². The molecule has 0 bridgehead atoms. The zero-order valence-electron chi connectivity index (χ0n) is 32.4. The smallest absolute Gasteiger partial charge is 0.320 e. The molecule has 0 saturated carbocycles. The van der Waals surface area contributed by atoms with E-state index in [4.69, 9.17) is 60.6 Å². The van der Waals surface area contributed by atoms with E-state index in [-0.39, 0.29) is 92.6 Å². The Hall–Kier alpha value is -5.30. The third kappa shape index (κ3) is 12.6. The molecule has 4 aromatic carbocycles. The maximum Gasteiger partial charge on any atom is 0.320 e. The van der Waals surface area contributed by atoms with Crippen molar-refractivity contribution in [2.75, 3.05) is 13.2 Å². The summed E-state index contributed by atoms with van der Waals surface area (Å²) in [6.45, 7) is -0.566. The minimum atomic E-state index is -1.13. The molecular formula is C44H41Cl4N3O10. The van der Waals surface area contributed by atoms with Crippen molar-refractivity contribution >= 4 is 58.3 Å². The Labute approximate surface area is 371 Å². The van der Waals surface area contributed by atoms with Crippen LogP contribution in [-0.2, 0) is 42.4 Å². The number of nitrogens with one attached hydrogen (secondary N) is 1. The van der Waals surface area contributed by atoms with Crippen LogP contribution in [-0.4, -0.2) is 61.7 Å². The van der Waals surface area contributed by atoms with Crippen LogP contribution in [0.2, 0.25) is 20.1 Å². The van der Waals surface area contributed by atoms with Crippen molar-refractivity contribution in [1.29, 1.82) is 5.26 Å². The van der Waals surface area contributed by atoms with E-state index in [1.165, 1.54) is 18.3 Å². The number of hydrogen-bond acceptors (Lipinski definition) is 11. The number of phenols is 1. The predicted molar refractivity (Wildman–Crippen MR) is 230 cm³/mol. The molecule has 1 aromatic heterocycles. The summed E-state index contributed by atoms with van der Waals surface area (Å²) < 4.78 is 18.3. The van der Waals surface area contributed by atoms with Crippen molar-refractivity contribution in [3.63, 3.8) is 0 Å². The first-order valence-electron chi connectivity index (χ1n) is 18.9. The summed E-state index contributed by atoms with van der Waals surface area (Å²) in [5.74, 6) is -2.26. The molecule has 5 rings (SSSR count). The molecule has 0 amide bonds. The average Bonchev–Trinajstić information content (AvgIpc) is 3.24. The summed E-state index contributed by atoms with van der Waals surface area (Å²) in [7, 11) is 0. The number of hydrogen-bond donors (Lipinski definition) is 6. The van der Waals surface area contributed by atoms with Gasteiger partial charge in [0.25, 0.3) is 0 Å². The first-order chi connectivity index (χ1) is 29.3. The van der Waals surface area contributed by atoms with Gasteiger partial charge in [-0.2, -0.15) is 5.26 Å². The van der Waals surface area contributed by atoms with Crippen molar-refractivity contribution in [1.82, 2.24) is 10.3 Å². The lowest BCUT2D eigenvalue weighted by Gasteiger charge is -2.19. The Kier molecular flexibility index (Phi) is 17.3. The number of pyridine rings is 1. The van der Waals surface area contributed by atoms with E-state index in [9.17, 15) is 40.4 Å². The molecule has 0 aliphatic heterocycles. The van der Waals surface area contributed by atoms with Gasteiger partial charge in [0, 0.05) is 77.7 Å². The van der Waals surface area contributed by atoms with Crippen LogP contribution in [0.15, 0.2) is 79.1 Å². The highest BCUT2D eigenvalue weighted by Gasteiger charge is 2.21. The molecule has 0 aliphatic carbocycles. The molecule has 0 aliphatic rings. The quantitative estimate of drug-likeness (QED) is 0.0385. The Bertz CT molecular complexity index is 2390. The molecule has 6 N–H and O–H groups in total. The molecule has 0 fully saturated rings. The van der Waals surface area contributed by atoms with Crippen LogP contribution >= 0.6 is 46.4 Å². The molecule has 5 aromatic rings. The summed E-state index contributed by atoms with van der Waals surface area (Å²) in [6.07, 6.45) is 3.51. The van der Waals surface area contributed by atoms with Crippen molar-refractivity contribution in [2.45, 2.75) is 58.1 Å². The molecule has 1 heterocycles. The number of carboxylic acids is 2. The van der Waals surface area contributed by atoms with Gasteiger partial charge in [0.15, 0.2) is 0 Å². The second-order valence-electron chi connectivity index (χ2n) is 13.8. The molecule has 0 spiro atoms. The molecule has 2 atom stereocenters. The largest absolute Gasteiger partial charge is 0.508 e. The second kappa shape index (κ2) is 22.5. The predicted octanol–water partition coefficient (Wildman–Crippen LogP) is 8.62. The third-order valence-corrected chi connectivity index (χ3v) is 11.1. The molecule has 0 saturated heterocycles. The number of aromatic hydroxyl groups is 1. The van der Waals surface area contributed by atoms with E-state index in [2.05, 4.69) is 10.3 Å². The zero-order chi connectivity index (χ0) is 44.1. The number of ether oxygens (including phenoxy) is 3. The van der Waals surface area contributed by atoms with Crippen molar-refractivity contribution in [2.24, 2.45) is 5.92 Å². The molecular weight excluding hydrogens is 872 g/mol. The molecule has 320 valence electrons. The number of aliphatic hydroxyl groups is 2. The van der Waals surface area contributed by atoms with Crippen molar-refractivity contribution < 1.29 is 49.3 Å². The minimum Gasteiger partial charge on any atom is -0.508 e. The maximum atomic E-state index is 11.7. The number of aliphatic carboxylic acids is 2. The highest BCUT2D eigenvalue weighted by atomic mass is 35.5. The van der Waals surface area contributed by atoms with E-state index in [0.717, 1.165) is 0 Å². The summed E-state index contributed by atoms with van der Waals surface area (Å²) >= 11 is 27.1. The van der Waals surface area contributed by atoms with Crippen LogP contribution < -0.4 is 19.5 Å². The number of carbonyl (C=O) groups is 2. The number of aromatic nitrogens is 1. The minimum absolute atomic E-state index is 0.0147.